The largest absolute Gasteiger partial charge is 0.384 e. The van der Waals surface area contributed by atoms with Gasteiger partial charge in [-0.3, -0.25) is 9.78 Å². The van der Waals surface area contributed by atoms with Gasteiger partial charge in [-0.25, -0.2) is 14.3 Å². The Morgan fingerprint density at radius 3 is 2.72 bits per heavy atom. The Kier molecular flexibility index (Phi) is 4.54. The van der Waals surface area contributed by atoms with Crippen molar-refractivity contribution in [1.82, 2.24) is 24.6 Å². The predicted octanol–water partition coefficient (Wildman–Crippen LogP) is 4.02. The Morgan fingerprint density at radius 1 is 1.14 bits per heavy atom. The molecule has 3 aliphatic rings. The van der Waals surface area contributed by atoms with Crippen LogP contribution in [-0.2, 0) is 17.6 Å². The molecule has 1 aliphatic heterocycles. The molecule has 0 amide bonds. The lowest BCUT2D eigenvalue weighted by Gasteiger charge is -2.26. The number of fused-ring (bicyclic) bond motifs is 3. The molecule has 4 aromatic rings. The fourth-order valence-electron chi connectivity index (χ4n) is 5.59. The molecule has 2 saturated carbocycles. The summed E-state index contributed by atoms with van der Waals surface area (Å²) in [4.78, 5) is 22.3. The number of benzene rings is 1. The van der Waals surface area contributed by atoms with Crippen LogP contribution in [0.1, 0.15) is 62.4 Å². The minimum absolute atomic E-state index is 0.0391. The van der Waals surface area contributed by atoms with Crippen LogP contribution >= 0.6 is 0 Å². The lowest BCUT2D eigenvalue weighted by Crippen LogP contribution is -2.33. The van der Waals surface area contributed by atoms with Gasteiger partial charge >= 0.3 is 0 Å². The van der Waals surface area contributed by atoms with Crippen molar-refractivity contribution >= 4 is 22.4 Å². The first kappa shape index (κ1) is 21.8. The Balaban J connectivity index is 1.32. The van der Waals surface area contributed by atoms with Crippen molar-refractivity contribution in [3.05, 3.63) is 76.0 Å². The van der Waals surface area contributed by atoms with E-state index < -0.39 is 5.60 Å². The van der Waals surface area contributed by atoms with Crippen molar-refractivity contribution in [2.75, 3.05) is 11.9 Å². The maximum atomic E-state index is 13.4. The molecule has 36 heavy (non-hydrogen) atoms. The van der Waals surface area contributed by atoms with E-state index in [-0.39, 0.29) is 11.6 Å². The number of pyridine rings is 2. The average Bonchev–Trinajstić information content (AvgIpc) is 3.79. The number of aromatic nitrogens is 4. The van der Waals surface area contributed by atoms with Crippen LogP contribution in [0.15, 0.2) is 53.6 Å². The molecule has 4 heterocycles. The van der Waals surface area contributed by atoms with Crippen LogP contribution in [0.3, 0.4) is 0 Å². The molecule has 1 aromatic carbocycles. The first-order valence-electron chi connectivity index (χ1n) is 12.8. The molecule has 0 radical (unpaired) electrons. The molecule has 184 valence electrons. The van der Waals surface area contributed by atoms with E-state index in [1.165, 1.54) is 24.0 Å². The summed E-state index contributed by atoms with van der Waals surface area (Å²) in [7, 11) is 0. The molecule has 0 bridgehead atoms. The summed E-state index contributed by atoms with van der Waals surface area (Å²) in [5.41, 5.74) is 5.17. The fraction of sp³-hybridized carbons (Fsp3) is 0.393. The molecule has 0 atom stereocenters. The van der Waals surface area contributed by atoms with Crippen LogP contribution in [0.4, 0.5) is 11.5 Å². The Morgan fingerprint density at radius 2 is 1.97 bits per heavy atom. The van der Waals surface area contributed by atoms with E-state index in [2.05, 4.69) is 38.8 Å². The first-order chi connectivity index (χ1) is 17.3. The maximum Gasteiger partial charge on any atom is 0.276 e. The highest BCUT2D eigenvalue weighted by atomic mass is 16.3. The normalized spacial score (nSPS) is 18.4. The highest BCUT2D eigenvalue weighted by molar-refractivity contribution is 5.83. The second kappa shape index (κ2) is 7.51. The van der Waals surface area contributed by atoms with Crippen molar-refractivity contribution in [3.8, 4) is 5.69 Å². The van der Waals surface area contributed by atoms with Crippen LogP contribution in [0.25, 0.3) is 16.6 Å². The van der Waals surface area contributed by atoms with Gasteiger partial charge in [-0.1, -0.05) is 6.07 Å². The maximum absolute atomic E-state index is 13.4. The van der Waals surface area contributed by atoms with Gasteiger partial charge < -0.3 is 15.7 Å². The van der Waals surface area contributed by atoms with Crippen molar-refractivity contribution in [3.63, 3.8) is 0 Å². The van der Waals surface area contributed by atoms with Gasteiger partial charge in [0.2, 0.25) is 0 Å². The molecule has 2 fully saturated rings. The van der Waals surface area contributed by atoms with Crippen LogP contribution in [-0.4, -0.2) is 31.0 Å². The van der Waals surface area contributed by atoms with Crippen molar-refractivity contribution < 1.29 is 5.11 Å². The van der Waals surface area contributed by atoms with Gasteiger partial charge in [0.1, 0.15) is 11.4 Å². The lowest BCUT2D eigenvalue weighted by molar-refractivity contribution is 0.0738. The molecule has 0 saturated heterocycles. The minimum atomic E-state index is -1.09. The molecule has 3 N–H and O–H groups in total. The second-order valence-electron chi connectivity index (χ2n) is 11.1. The quantitative estimate of drug-likeness (QED) is 0.398. The number of nitrogens with zero attached hydrogens (tertiary/aromatic N) is 4. The van der Waals surface area contributed by atoms with Crippen molar-refractivity contribution in [2.24, 2.45) is 0 Å². The molecule has 3 aromatic heterocycles. The molecule has 2 aliphatic carbocycles. The van der Waals surface area contributed by atoms with E-state index in [1.54, 1.807) is 26.2 Å². The molecular formula is C28H30N6O2. The van der Waals surface area contributed by atoms with Crippen LogP contribution < -0.4 is 16.2 Å². The summed E-state index contributed by atoms with van der Waals surface area (Å²) in [5.74, 6) is 0.686. The van der Waals surface area contributed by atoms with E-state index in [1.807, 2.05) is 27.6 Å². The first-order valence-corrected chi connectivity index (χ1v) is 12.8. The van der Waals surface area contributed by atoms with E-state index in [0.29, 0.717) is 22.3 Å². The van der Waals surface area contributed by atoms with Gasteiger partial charge in [-0.05, 0) is 74.9 Å². The SMILES string of the molecule is CC(C)(O)c1cc(-n2c3cc(Nc4ccc5c(c4)CNCC54CC4)ncc3c(=O)n2C2CC2)ccn1. The number of nitrogens with one attached hydrogen (secondary N) is 2. The molecule has 7 rings (SSSR count). The van der Waals surface area contributed by atoms with Gasteiger partial charge in [0, 0.05) is 42.7 Å². The number of hydrogen-bond donors (Lipinski definition) is 3. The van der Waals surface area contributed by atoms with Crippen LogP contribution in [0.5, 0.6) is 0 Å². The summed E-state index contributed by atoms with van der Waals surface area (Å²) in [6.45, 7) is 5.39. The minimum Gasteiger partial charge on any atom is -0.384 e. The predicted molar refractivity (Wildman–Crippen MR) is 139 cm³/mol. The highest BCUT2D eigenvalue weighted by Gasteiger charge is 2.46. The topological polar surface area (TPSA) is 97.0 Å². The third-order valence-corrected chi connectivity index (χ3v) is 7.85. The summed E-state index contributed by atoms with van der Waals surface area (Å²) < 4.78 is 3.80. The van der Waals surface area contributed by atoms with Gasteiger partial charge in [-0.2, -0.15) is 0 Å². The smallest absolute Gasteiger partial charge is 0.276 e. The van der Waals surface area contributed by atoms with Crippen LogP contribution in [0, 0.1) is 0 Å². The zero-order valence-corrected chi connectivity index (χ0v) is 20.6. The zero-order chi connectivity index (χ0) is 24.7. The molecule has 1 spiro atoms. The standard InChI is InChI=1S/C28H30N6O2/c1-27(2,36)24-12-20(7-10-30-24)33-23-13-25(31-15-21(23)26(35)34(33)19-4-5-19)32-18-3-6-22-17(11-18)14-29-16-28(22)8-9-28/h3,6-7,10-13,15,19,29,36H,4-5,8-9,14,16H2,1-2H3,(H,31,32). The summed E-state index contributed by atoms with van der Waals surface area (Å²) >= 11 is 0. The Bertz CT molecular complexity index is 1570. The Hall–Kier alpha value is -3.49. The fourth-order valence-corrected chi connectivity index (χ4v) is 5.59. The zero-order valence-electron chi connectivity index (χ0n) is 20.6. The number of hydrogen-bond acceptors (Lipinski definition) is 6. The molecule has 8 nitrogen and oxygen atoms in total. The summed E-state index contributed by atoms with van der Waals surface area (Å²) in [6, 6.07) is 12.5. The van der Waals surface area contributed by atoms with Gasteiger partial charge in [-0.15, -0.1) is 0 Å². The van der Waals surface area contributed by atoms with E-state index in [4.69, 9.17) is 0 Å². The molecule has 8 heteroatoms. The van der Waals surface area contributed by atoms with Crippen LogP contribution in [0.2, 0.25) is 0 Å². The summed E-state index contributed by atoms with van der Waals surface area (Å²) in [6.07, 6.45) is 7.83. The van der Waals surface area contributed by atoms with Gasteiger partial charge in [0.25, 0.3) is 5.56 Å². The number of rotatable bonds is 5. The van der Waals surface area contributed by atoms with Gasteiger partial charge in [0.15, 0.2) is 0 Å². The Labute approximate surface area is 209 Å². The van der Waals surface area contributed by atoms with Crippen molar-refractivity contribution in [2.45, 2.75) is 63.1 Å². The third-order valence-electron chi connectivity index (χ3n) is 7.85. The van der Waals surface area contributed by atoms with E-state index >= 15 is 0 Å². The second-order valence-corrected chi connectivity index (χ2v) is 11.1. The number of aliphatic hydroxyl groups is 1. The van der Waals surface area contributed by atoms with E-state index in [0.717, 1.165) is 42.8 Å². The number of anilines is 2. The highest BCUT2D eigenvalue weighted by Crippen LogP contribution is 2.50. The monoisotopic (exact) mass is 482 g/mol. The summed E-state index contributed by atoms with van der Waals surface area (Å²) in [5, 5.41) is 18.2. The average molecular weight is 483 g/mol. The molecule has 0 unspecified atom stereocenters. The van der Waals surface area contributed by atoms with E-state index in [9.17, 15) is 9.90 Å². The van der Waals surface area contributed by atoms with Crippen molar-refractivity contribution in [1.29, 1.82) is 0 Å². The lowest BCUT2D eigenvalue weighted by atomic mass is 9.88. The molecular weight excluding hydrogens is 452 g/mol. The third kappa shape index (κ3) is 3.47. The van der Waals surface area contributed by atoms with Gasteiger partial charge in [0.05, 0.1) is 28.3 Å².